The molecular weight excluding hydrogens is 476 g/mol. The van der Waals surface area contributed by atoms with Crippen LogP contribution in [0.2, 0.25) is 5.02 Å². The Labute approximate surface area is 201 Å². The molecule has 0 fully saturated rings. The summed E-state index contributed by atoms with van der Waals surface area (Å²) in [4.78, 5) is 12.5. The van der Waals surface area contributed by atoms with Crippen molar-refractivity contribution in [2.24, 2.45) is 0 Å². The summed E-state index contributed by atoms with van der Waals surface area (Å²) >= 11 is 5.87. The summed E-state index contributed by atoms with van der Waals surface area (Å²) in [6.45, 7) is 0. The van der Waals surface area contributed by atoms with Crippen molar-refractivity contribution in [1.82, 2.24) is 0 Å². The second-order valence-electron chi connectivity index (χ2n) is 7.34. The minimum atomic E-state index is -3.92. The quantitative estimate of drug-likeness (QED) is 0.213. The lowest BCUT2D eigenvalue weighted by molar-refractivity contribution is -0.111. The number of benzene rings is 4. The van der Waals surface area contributed by atoms with Gasteiger partial charge in [0.25, 0.3) is 10.0 Å². The lowest BCUT2D eigenvalue weighted by atomic mass is 10.1. The monoisotopic (exact) mass is 494 g/mol. The fraction of sp³-hybridized carbons (Fsp3) is 0. The third kappa shape index (κ3) is 5.14. The highest BCUT2D eigenvalue weighted by Gasteiger charge is 2.18. The van der Waals surface area contributed by atoms with Crippen molar-refractivity contribution in [2.45, 2.75) is 4.90 Å². The summed E-state index contributed by atoms with van der Waals surface area (Å²) in [7, 11) is -3.92. The smallest absolute Gasteiger partial charge is 0.262 e. The molecular formula is C25H19ClN2O5S. The first-order valence-corrected chi connectivity index (χ1v) is 11.9. The van der Waals surface area contributed by atoms with Crippen LogP contribution in [0.5, 0.6) is 11.5 Å². The van der Waals surface area contributed by atoms with Gasteiger partial charge in [-0.2, -0.15) is 0 Å². The van der Waals surface area contributed by atoms with Gasteiger partial charge in [0.2, 0.25) is 5.91 Å². The van der Waals surface area contributed by atoms with Crippen molar-refractivity contribution in [3.05, 3.63) is 95.5 Å². The van der Waals surface area contributed by atoms with Gasteiger partial charge in [-0.05, 0) is 60.2 Å². The average Bonchev–Trinajstić information content (AvgIpc) is 2.81. The van der Waals surface area contributed by atoms with Crippen molar-refractivity contribution in [1.29, 1.82) is 0 Å². The van der Waals surface area contributed by atoms with E-state index in [1.165, 1.54) is 30.4 Å². The number of hydrogen-bond donors (Lipinski definition) is 4. The van der Waals surface area contributed by atoms with Crippen LogP contribution >= 0.6 is 11.6 Å². The molecule has 0 aliphatic carbocycles. The van der Waals surface area contributed by atoms with Gasteiger partial charge in [-0.3, -0.25) is 9.52 Å². The first-order valence-electron chi connectivity index (χ1n) is 10.0. The molecule has 4 aromatic rings. The van der Waals surface area contributed by atoms with E-state index in [4.69, 9.17) is 11.6 Å². The van der Waals surface area contributed by atoms with E-state index >= 15 is 0 Å². The second-order valence-corrected chi connectivity index (χ2v) is 9.43. The highest BCUT2D eigenvalue weighted by atomic mass is 35.5. The summed E-state index contributed by atoms with van der Waals surface area (Å²) in [5, 5.41) is 23.2. The van der Waals surface area contributed by atoms with Gasteiger partial charge in [0, 0.05) is 33.2 Å². The highest BCUT2D eigenvalue weighted by Crippen LogP contribution is 2.30. The average molecular weight is 495 g/mol. The molecule has 0 aromatic heterocycles. The third-order valence-corrected chi connectivity index (χ3v) is 6.64. The number of aromatic hydroxyl groups is 2. The molecule has 0 saturated carbocycles. The van der Waals surface area contributed by atoms with E-state index in [0.29, 0.717) is 32.7 Å². The van der Waals surface area contributed by atoms with E-state index in [1.807, 2.05) is 0 Å². The highest BCUT2D eigenvalue weighted by molar-refractivity contribution is 7.93. The number of anilines is 2. The molecule has 4 N–H and O–H groups in total. The Kier molecular flexibility index (Phi) is 6.45. The summed E-state index contributed by atoms with van der Waals surface area (Å²) in [5.41, 5.74) is 1.32. The Morgan fingerprint density at radius 3 is 2.29 bits per heavy atom. The maximum Gasteiger partial charge on any atom is 0.262 e. The Morgan fingerprint density at radius 1 is 0.853 bits per heavy atom. The maximum absolute atomic E-state index is 13.1. The summed E-state index contributed by atoms with van der Waals surface area (Å²) in [6.07, 6.45) is 2.75. The molecule has 34 heavy (non-hydrogen) atoms. The van der Waals surface area contributed by atoms with E-state index in [2.05, 4.69) is 10.0 Å². The largest absolute Gasteiger partial charge is 0.504 e. The zero-order chi connectivity index (χ0) is 24.3. The second kappa shape index (κ2) is 9.46. The van der Waals surface area contributed by atoms with Crippen LogP contribution in [0.3, 0.4) is 0 Å². The number of nitrogens with one attached hydrogen (secondary N) is 2. The first-order chi connectivity index (χ1) is 16.2. The van der Waals surface area contributed by atoms with Crippen LogP contribution in [0.4, 0.5) is 11.4 Å². The van der Waals surface area contributed by atoms with Gasteiger partial charge in [-0.1, -0.05) is 41.9 Å². The number of hydrogen-bond acceptors (Lipinski definition) is 5. The molecule has 0 bridgehead atoms. The van der Waals surface area contributed by atoms with Gasteiger partial charge in [-0.25, -0.2) is 8.42 Å². The fourth-order valence-electron chi connectivity index (χ4n) is 3.34. The van der Waals surface area contributed by atoms with E-state index in [1.54, 1.807) is 60.7 Å². The van der Waals surface area contributed by atoms with Crippen molar-refractivity contribution >= 4 is 55.8 Å². The van der Waals surface area contributed by atoms with E-state index in [-0.39, 0.29) is 16.4 Å². The molecule has 4 aromatic carbocycles. The SMILES string of the molecule is O=C(/C=C/c1ccc(O)c(O)c1)Nc1cccc2c(S(=O)(=O)Nc3ccc(Cl)cc3)cccc12. The number of rotatable bonds is 6. The number of carbonyl (C=O) groups is 1. The summed E-state index contributed by atoms with van der Waals surface area (Å²) in [5.74, 6) is -1.00. The molecule has 172 valence electrons. The van der Waals surface area contributed by atoms with E-state index in [0.717, 1.165) is 0 Å². The van der Waals surface area contributed by atoms with Crippen molar-refractivity contribution in [3.63, 3.8) is 0 Å². The predicted octanol–water partition coefficient (Wildman–Crippen LogP) is 5.36. The van der Waals surface area contributed by atoms with Gasteiger partial charge >= 0.3 is 0 Å². The lowest BCUT2D eigenvalue weighted by Crippen LogP contribution is -2.14. The topological polar surface area (TPSA) is 116 Å². The predicted molar refractivity (Wildman–Crippen MR) is 134 cm³/mol. The maximum atomic E-state index is 13.1. The number of carbonyl (C=O) groups excluding carboxylic acids is 1. The summed E-state index contributed by atoms with van der Waals surface area (Å²) in [6, 6.07) is 20.3. The van der Waals surface area contributed by atoms with Crippen molar-refractivity contribution < 1.29 is 23.4 Å². The third-order valence-electron chi connectivity index (χ3n) is 4.95. The number of amides is 1. The van der Waals surface area contributed by atoms with Crippen LogP contribution in [-0.4, -0.2) is 24.5 Å². The molecule has 0 heterocycles. The standard InChI is InChI=1S/C25H19ClN2O5S/c26-17-9-11-18(12-10-17)28-34(32,33)24-6-2-3-19-20(24)4-1-5-21(19)27-25(31)14-8-16-7-13-22(29)23(30)15-16/h1-15,28-30H,(H,27,31)/b14-8+. The zero-order valence-electron chi connectivity index (χ0n) is 17.6. The molecule has 9 heteroatoms. The van der Waals surface area contributed by atoms with Crippen molar-refractivity contribution in [2.75, 3.05) is 10.0 Å². The van der Waals surface area contributed by atoms with Gasteiger partial charge in [0.15, 0.2) is 11.5 Å². The molecule has 0 atom stereocenters. The van der Waals surface area contributed by atoms with Crippen LogP contribution in [0.1, 0.15) is 5.56 Å². The van der Waals surface area contributed by atoms with Crippen LogP contribution in [0, 0.1) is 0 Å². The molecule has 0 saturated heterocycles. The van der Waals surface area contributed by atoms with E-state index < -0.39 is 15.9 Å². The zero-order valence-corrected chi connectivity index (χ0v) is 19.1. The van der Waals surface area contributed by atoms with Gasteiger partial charge in [-0.15, -0.1) is 0 Å². The number of phenolic OH excluding ortho intramolecular Hbond substituents is 2. The van der Waals surface area contributed by atoms with E-state index in [9.17, 15) is 23.4 Å². The first kappa shape index (κ1) is 23.2. The molecule has 0 aliphatic heterocycles. The number of phenols is 2. The molecule has 4 rings (SSSR count). The molecule has 0 aliphatic rings. The van der Waals surface area contributed by atoms with Crippen LogP contribution in [-0.2, 0) is 14.8 Å². The normalized spacial score (nSPS) is 11.6. The molecule has 0 unspecified atom stereocenters. The Hall–Kier alpha value is -4.01. The molecule has 1 amide bonds. The Morgan fingerprint density at radius 2 is 1.56 bits per heavy atom. The van der Waals surface area contributed by atoms with Gasteiger partial charge in [0.1, 0.15) is 0 Å². The number of halogens is 1. The van der Waals surface area contributed by atoms with Gasteiger partial charge in [0.05, 0.1) is 4.90 Å². The van der Waals surface area contributed by atoms with Crippen LogP contribution < -0.4 is 10.0 Å². The number of sulfonamides is 1. The van der Waals surface area contributed by atoms with Crippen molar-refractivity contribution in [3.8, 4) is 11.5 Å². The minimum absolute atomic E-state index is 0.0613. The lowest BCUT2D eigenvalue weighted by Gasteiger charge is -2.13. The van der Waals surface area contributed by atoms with Crippen LogP contribution in [0.25, 0.3) is 16.8 Å². The Bertz CT molecular complexity index is 1520. The molecule has 0 spiro atoms. The number of fused-ring (bicyclic) bond motifs is 1. The molecule has 0 radical (unpaired) electrons. The van der Waals surface area contributed by atoms with Gasteiger partial charge < -0.3 is 15.5 Å². The fourth-order valence-corrected chi connectivity index (χ4v) is 4.75. The molecule has 7 nitrogen and oxygen atoms in total. The minimum Gasteiger partial charge on any atom is -0.504 e. The van der Waals surface area contributed by atoms with Crippen LogP contribution in [0.15, 0.2) is 89.8 Å². The summed E-state index contributed by atoms with van der Waals surface area (Å²) < 4.78 is 28.7. The Balaban J connectivity index is 1.61.